The molecule has 3 N–H and O–H groups in total. The Bertz CT molecular complexity index is 861. The van der Waals surface area contributed by atoms with Crippen LogP contribution in [0.4, 0.5) is 0 Å². The van der Waals surface area contributed by atoms with Crippen LogP contribution in [0, 0.1) is 0 Å². The summed E-state index contributed by atoms with van der Waals surface area (Å²) in [5, 5.41) is 0. The lowest BCUT2D eigenvalue weighted by Crippen LogP contribution is -2.42. The lowest BCUT2D eigenvalue weighted by Gasteiger charge is -2.39. The van der Waals surface area contributed by atoms with Gasteiger partial charge in [-0.1, -0.05) is 15.9 Å². The number of nitrogens with two attached hydrogens (primary N) is 1. The van der Waals surface area contributed by atoms with Crippen molar-refractivity contribution in [1.29, 1.82) is 0 Å². The van der Waals surface area contributed by atoms with E-state index in [0.29, 0.717) is 29.5 Å². The summed E-state index contributed by atoms with van der Waals surface area (Å²) < 4.78 is 12.4. The normalized spacial score (nSPS) is 22.5. The van der Waals surface area contributed by atoms with Crippen LogP contribution >= 0.6 is 15.9 Å². The largest absolute Gasteiger partial charge is 0.455 e. The van der Waals surface area contributed by atoms with E-state index in [1.807, 2.05) is 18.2 Å². The van der Waals surface area contributed by atoms with E-state index in [4.69, 9.17) is 15.2 Å². The number of aliphatic imine (C=N–C) groups is 1. The van der Waals surface area contributed by atoms with E-state index in [1.165, 1.54) is 6.07 Å². The number of aromatic nitrogens is 1. The molecule has 0 bridgehead atoms. The maximum atomic E-state index is 11.8. The van der Waals surface area contributed by atoms with Gasteiger partial charge in [0.25, 0.3) is 0 Å². The number of hydrogen-bond acceptors (Lipinski definition) is 5. The molecule has 2 aromatic rings. The molecule has 22 heavy (non-hydrogen) atoms. The minimum Gasteiger partial charge on any atom is -0.455 e. The van der Waals surface area contributed by atoms with Gasteiger partial charge < -0.3 is 20.2 Å². The van der Waals surface area contributed by atoms with Crippen LogP contribution in [-0.4, -0.2) is 24.0 Å². The average molecular weight is 362 g/mol. The molecule has 1 aromatic carbocycles. The Labute approximate surface area is 134 Å². The first-order chi connectivity index (χ1) is 10.6. The summed E-state index contributed by atoms with van der Waals surface area (Å²) >= 11 is 3.47. The van der Waals surface area contributed by atoms with Crippen molar-refractivity contribution in [2.75, 3.05) is 13.2 Å². The molecule has 2 aliphatic heterocycles. The van der Waals surface area contributed by atoms with Gasteiger partial charge in [0.15, 0.2) is 0 Å². The fourth-order valence-electron chi connectivity index (χ4n) is 2.93. The fraction of sp³-hybridized carbons (Fsp3) is 0.200. The topological polar surface area (TPSA) is 89.7 Å². The molecule has 1 atom stereocenters. The second kappa shape index (κ2) is 4.69. The van der Waals surface area contributed by atoms with E-state index >= 15 is 0 Å². The van der Waals surface area contributed by atoms with Crippen molar-refractivity contribution in [1.82, 2.24) is 4.98 Å². The summed E-state index contributed by atoms with van der Waals surface area (Å²) in [5.41, 5.74) is 6.32. The average Bonchev–Trinajstić information content (AvgIpc) is 2.49. The van der Waals surface area contributed by atoms with E-state index in [1.54, 1.807) is 6.20 Å². The molecule has 3 heterocycles. The molecule has 1 aromatic heterocycles. The van der Waals surface area contributed by atoms with Crippen molar-refractivity contribution in [2.45, 2.75) is 5.54 Å². The molecule has 112 valence electrons. The van der Waals surface area contributed by atoms with Gasteiger partial charge in [-0.25, -0.2) is 0 Å². The molecule has 6 nitrogen and oxygen atoms in total. The van der Waals surface area contributed by atoms with Gasteiger partial charge in [0.2, 0.25) is 5.56 Å². The summed E-state index contributed by atoms with van der Waals surface area (Å²) in [6, 6.07) is 7.16. The van der Waals surface area contributed by atoms with Crippen molar-refractivity contribution in [3.05, 3.63) is 56.4 Å². The second-order valence-corrected chi connectivity index (χ2v) is 6.19. The minimum absolute atomic E-state index is 0.223. The quantitative estimate of drug-likeness (QED) is 0.749. The molecule has 7 heteroatoms. The minimum atomic E-state index is -0.858. The number of ether oxygens (including phenoxy) is 2. The number of halogens is 1. The van der Waals surface area contributed by atoms with Crippen molar-refractivity contribution < 1.29 is 9.47 Å². The van der Waals surface area contributed by atoms with E-state index < -0.39 is 5.54 Å². The number of pyridine rings is 1. The Balaban J connectivity index is 2.08. The van der Waals surface area contributed by atoms with E-state index in [-0.39, 0.29) is 12.2 Å². The fourth-order valence-corrected chi connectivity index (χ4v) is 3.29. The van der Waals surface area contributed by atoms with Gasteiger partial charge in [0.1, 0.15) is 29.5 Å². The summed E-state index contributed by atoms with van der Waals surface area (Å²) in [6.07, 6.45) is 1.55. The lowest BCUT2D eigenvalue weighted by atomic mass is 9.81. The molecule has 0 aliphatic carbocycles. The first-order valence-electron chi connectivity index (χ1n) is 6.71. The number of rotatable bonds is 0. The molecule has 2 aliphatic rings. The summed E-state index contributed by atoms with van der Waals surface area (Å²) in [4.78, 5) is 19.1. The molecular formula is C15H12BrN3O3. The van der Waals surface area contributed by atoms with Gasteiger partial charge in [-0.3, -0.25) is 9.79 Å². The van der Waals surface area contributed by atoms with Crippen molar-refractivity contribution in [2.24, 2.45) is 10.7 Å². The van der Waals surface area contributed by atoms with Crippen molar-refractivity contribution in [3.8, 4) is 11.5 Å². The Kier molecular flexibility index (Phi) is 2.88. The Morgan fingerprint density at radius 2 is 2.09 bits per heavy atom. The van der Waals surface area contributed by atoms with Crippen LogP contribution in [-0.2, 0) is 10.3 Å². The number of amidine groups is 1. The molecule has 0 amide bonds. The number of nitrogens with one attached hydrogen (secondary N) is 1. The van der Waals surface area contributed by atoms with Gasteiger partial charge in [0, 0.05) is 27.9 Å². The van der Waals surface area contributed by atoms with Crippen LogP contribution < -0.4 is 16.0 Å². The maximum Gasteiger partial charge on any atom is 0.248 e. The molecule has 0 fully saturated rings. The molecule has 0 saturated carbocycles. The van der Waals surface area contributed by atoms with E-state index in [2.05, 4.69) is 25.9 Å². The van der Waals surface area contributed by atoms with Crippen LogP contribution in [0.5, 0.6) is 11.5 Å². The van der Waals surface area contributed by atoms with Crippen LogP contribution in [0.25, 0.3) is 0 Å². The van der Waals surface area contributed by atoms with Crippen LogP contribution in [0.2, 0.25) is 0 Å². The van der Waals surface area contributed by atoms with Gasteiger partial charge in [0.05, 0.1) is 6.61 Å². The molecule has 1 spiro atoms. The third-order valence-electron chi connectivity index (χ3n) is 3.83. The van der Waals surface area contributed by atoms with Crippen LogP contribution in [0.15, 0.2) is 44.7 Å². The number of fused-ring (bicyclic) bond motifs is 4. The third-order valence-corrected chi connectivity index (χ3v) is 4.33. The zero-order valence-electron chi connectivity index (χ0n) is 11.4. The number of nitrogens with zero attached hydrogens (tertiary/aromatic N) is 1. The molecule has 0 unspecified atom stereocenters. The summed E-state index contributed by atoms with van der Waals surface area (Å²) in [6.45, 7) is 0.585. The number of hydrogen-bond donors (Lipinski definition) is 2. The molecule has 4 rings (SSSR count). The predicted octanol–water partition coefficient (Wildman–Crippen LogP) is 1.87. The molecule has 0 saturated heterocycles. The maximum absolute atomic E-state index is 11.8. The Morgan fingerprint density at radius 1 is 1.27 bits per heavy atom. The van der Waals surface area contributed by atoms with Crippen LogP contribution in [0.1, 0.15) is 11.1 Å². The van der Waals surface area contributed by atoms with E-state index in [9.17, 15) is 4.79 Å². The SMILES string of the molecule is NC1=N[C@@]2(COC1)c1cc(Br)ccc1Oc1c[nH]c(=O)cc12. The van der Waals surface area contributed by atoms with Gasteiger partial charge in [-0.2, -0.15) is 0 Å². The standard InChI is InChI=1S/C15H12BrN3O3/c16-8-1-2-11-9(3-8)15(7-21-6-13(17)19-15)10-4-14(20)18-5-12(10)22-11/h1-5H,6-7H2,(H2,17,19)(H,18,20)/t15-/m0/s1. The van der Waals surface area contributed by atoms with Gasteiger partial charge >= 0.3 is 0 Å². The highest BCUT2D eigenvalue weighted by atomic mass is 79.9. The third kappa shape index (κ3) is 1.89. The predicted molar refractivity (Wildman–Crippen MR) is 84.5 cm³/mol. The van der Waals surface area contributed by atoms with Gasteiger partial charge in [-0.05, 0) is 18.2 Å². The number of benzene rings is 1. The zero-order valence-corrected chi connectivity index (χ0v) is 13.0. The monoisotopic (exact) mass is 361 g/mol. The smallest absolute Gasteiger partial charge is 0.248 e. The highest BCUT2D eigenvalue weighted by molar-refractivity contribution is 9.10. The number of H-pyrrole nitrogens is 1. The highest BCUT2D eigenvalue weighted by Crippen LogP contribution is 2.49. The van der Waals surface area contributed by atoms with Gasteiger partial charge in [-0.15, -0.1) is 0 Å². The zero-order chi connectivity index (χ0) is 15.3. The first-order valence-corrected chi connectivity index (χ1v) is 7.51. The summed E-state index contributed by atoms with van der Waals surface area (Å²) in [5.74, 6) is 1.62. The molecular weight excluding hydrogens is 350 g/mol. The number of aromatic amines is 1. The Morgan fingerprint density at radius 3 is 2.91 bits per heavy atom. The molecule has 0 radical (unpaired) electrons. The van der Waals surface area contributed by atoms with E-state index in [0.717, 1.165) is 10.0 Å². The highest BCUT2D eigenvalue weighted by Gasteiger charge is 2.45. The Hall–Kier alpha value is -2.12. The first kappa shape index (κ1) is 13.5. The van der Waals surface area contributed by atoms with Crippen molar-refractivity contribution in [3.63, 3.8) is 0 Å². The van der Waals surface area contributed by atoms with Crippen LogP contribution in [0.3, 0.4) is 0 Å². The second-order valence-electron chi connectivity index (χ2n) is 5.27. The van der Waals surface area contributed by atoms with Crippen molar-refractivity contribution >= 4 is 21.8 Å². The summed E-state index contributed by atoms with van der Waals surface area (Å²) in [7, 11) is 0. The lowest BCUT2D eigenvalue weighted by molar-refractivity contribution is 0.109.